The van der Waals surface area contributed by atoms with E-state index >= 15 is 0 Å². The molecule has 2 aliphatic rings. The summed E-state index contributed by atoms with van der Waals surface area (Å²) in [7, 11) is 0. The minimum atomic E-state index is -0.509. The van der Waals surface area contributed by atoms with Gasteiger partial charge in [0.2, 0.25) is 0 Å². The van der Waals surface area contributed by atoms with Crippen molar-refractivity contribution in [2.45, 2.75) is 69.7 Å². The fraction of sp³-hybridized carbons (Fsp3) is 0.786. The molecule has 0 heterocycles. The van der Waals surface area contributed by atoms with Gasteiger partial charge in [0.05, 0.1) is 5.54 Å². The third kappa shape index (κ3) is 2.54. The van der Waals surface area contributed by atoms with Crippen molar-refractivity contribution in [1.29, 1.82) is 0 Å². The lowest BCUT2D eigenvalue weighted by atomic mass is 9.85. The Labute approximate surface area is 98.3 Å². The maximum Gasteiger partial charge on any atom is 0.178 e. The van der Waals surface area contributed by atoms with E-state index in [-0.39, 0.29) is 5.78 Å². The summed E-state index contributed by atoms with van der Waals surface area (Å²) >= 11 is 0. The van der Waals surface area contributed by atoms with Crippen LogP contribution in [0.5, 0.6) is 0 Å². The van der Waals surface area contributed by atoms with Crippen molar-refractivity contribution in [3.63, 3.8) is 0 Å². The molecule has 0 radical (unpaired) electrons. The van der Waals surface area contributed by atoms with Crippen molar-refractivity contribution in [2.75, 3.05) is 0 Å². The van der Waals surface area contributed by atoms with Gasteiger partial charge in [-0.05, 0) is 44.1 Å². The lowest BCUT2D eigenvalue weighted by molar-refractivity contribution is -0.120. The average molecular weight is 221 g/mol. The first-order valence-corrected chi connectivity index (χ1v) is 6.75. The molecule has 0 unspecified atom stereocenters. The molecule has 2 nitrogen and oxygen atoms in total. The number of ketones is 1. The zero-order valence-electron chi connectivity index (χ0n) is 10.1. The van der Waals surface area contributed by atoms with Gasteiger partial charge in [-0.1, -0.05) is 31.8 Å². The number of rotatable bonds is 2. The molecule has 1 saturated carbocycles. The molecule has 0 spiro atoms. The Morgan fingerprint density at radius 3 is 2.50 bits per heavy atom. The molecule has 2 rings (SSSR count). The van der Waals surface area contributed by atoms with Crippen LogP contribution >= 0.6 is 0 Å². The fourth-order valence-corrected chi connectivity index (χ4v) is 2.95. The van der Waals surface area contributed by atoms with Gasteiger partial charge >= 0.3 is 0 Å². The van der Waals surface area contributed by atoms with E-state index in [4.69, 9.17) is 5.73 Å². The molecule has 0 atom stereocenters. The Hall–Kier alpha value is -0.630. The van der Waals surface area contributed by atoms with E-state index in [1.807, 2.05) is 0 Å². The first kappa shape index (κ1) is 11.8. The van der Waals surface area contributed by atoms with E-state index in [0.717, 1.165) is 50.5 Å². The van der Waals surface area contributed by atoms with Gasteiger partial charge in [0.1, 0.15) is 0 Å². The van der Waals surface area contributed by atoms with Crippen LogP contribution in [0.4, 0.5) is 0 Å². The molecule has 1 fully saturated rings. The Balaban J connectivity index is 2.06. The number of hydrogen-bond donors (Lipinski definition) is 1. The van der Waals surface area contributed by atoms with Crippen molar-refractivity contribution in [3.8, 4) is 0 Å². The van der Waals surface area contributed by atoms with Crippen LogP contribution in [0.15, 0.2) is 11.6 Å². The molecule has 2 N–H and O–H groups in total. The number of hydrogen-bond acceptors (Lipinski definition) is 2. The average Bonchev–Trinajstić information content (AvgIpc) is 2.65. The molecule has 0 bridgehead atoms. The van der Waals surface area contributed by atoms with Gasteiger partial charge in [-0.2, -0.15) is 0 Å². The highest BCUT2D eigenvalue weighted by Crippen LogP contribution is 2.32. The fourth-order valence-electron chi connectivity index (χ4n) is 2.95. The van der Waals surface area contributed by atoms with Gasteiger partial charge < -0.3 is 5.73 Å². The van der Waals surface area contributed by atoms with Crippen LogP contribution in [0.1, 0.15) is 64.2 Å². The molecule has 0 aromatic carbocycles. The summed E-state index contributed by atoms with van der Waals surface area (Å²) in [5.74, 6) is 0.256. The van der Waals surface area contributed by atoms with Gasteiger partial charge in [-0.3, -0.25) is 4.79 Å². The Kier molecular flexibility index (Phi) is 3.80. The van der Waals surface area contributed by atoms with Crippen LogP contribution < -0.4 is 5.73 Å². The second-order valence-corrected chi connectivity index (χ2v) is 5.37. The van der Waals surface area contributed by atoms with E-state index in [9.17, 15) is 4.79 Å². The van der Waals surface area contributed by atoms with Crippen LogP contribution in [0.2, 0.25) is 0 Å². The van der Waals surface area contributed by atoms with E-state index in [1.165, 1.54) is 19.3 Å². The normalized spacial score (nSPS) is 25.7. The summed E-state index contributed by atoms with van der Waals surface area (Å²) in [4.78, 5) is 12.4. The molecular formula is C14H23NO. The van der Waals surface area contributed by atoms with Gasteiger partial charge in [-0.25, -0.2) is 0 Å². The highest BCUT2D eigenvalue weighted by Gasteiger charge is 2.37. The quantitative estimate of drug-likeness (QED) is 0.778. The third-order valence-electron chi connectivity index (χ3n) is 4.03. The van der Waals surface area contributed by atoms with Crippen molar-refractivity contribution in [1.82, 2.24) is 0 Å². The standard InChI is InChI=1S/C14H23NO/c15-14(10-6-7-11-14)13(16)12-8-4-2-1-3-5-9-12/h8H,1-7,9-11,15H2. The predicted molar refractivity (Wildman–Crippen MR) is 66.2 cm³/mol. The van der Waals surface area contributed by atoms with Crippen molar-refractivity contribution >= 4 is 5.78 Å². The van der Waals surface area contributed by atoms with Gasteiger partial charge in [0, 0.05) is 0 Å². The zero-order chi connectivity index (χ0) is 11.4. The monoisotopic (exact) mass is 221 g/mol. The SMILES string of the molecule is NC1(C(=O)C2=CCCCCCC2)CCCC1. The van der Waals surface area contributed by atoms with Crippen molar-refractivity contribution in [3.05, 3.63) is 11.6 Å². The number of allylic oxidation sites excluding steroid dienone is 1. The van der Waals surface area contributed by atoms with Crippen molar-refractivity contribution < 1.29 is 4.79 Å². The van der Waals surface area contributed by atoms with Crippen LogP contribution in [0.3, 0.4) is 0 Å². The summed E-state index contributed by atoms with van der Waals surface area (Å²) in [6, 6.07) is 0. The molecule has 0 amide bonds. The number of carbonyl (C=O) groups excluding carboxylic acids is 1. The van der Waals surface area contributed by atoms with Crippen LogP contribution in [-0.2, 0) is 4.79 Å². The number of carbonyl (C=O) groups is 1. The first-order chi connectivity index (χ1) is 7.72. The van der Waals surface area contributed by atoms with Crippen LogP contribution in [0, 0.1) is 0 Å². The minimum Gasteiger partial charge on any atom is -0.319 e. The predicted octanol–water partition coefficient (Wildman–Crippen LogP) is 3.11. The second-order valence-electron chi connectivity index (χ2n) is 5.37. The largest absolute Gasteiger partial charge is 0.319 e. The lowest BCUT2D eigenvalue weighted by Crippen LogP contribution is -2.46. The molecule has 0 aromatic heterocycles. The Bertz CT molecular complexity index is 287. The van der Waals surface area contributed by atoms with Crippen LogP contribution in [0.25, 0.3) is 0 Å². The van der Waals surface area contributed by atoms with Gasteiger partial charge in [-0.15, -0.1) is 0 Å². The molecule has 0 aliphatic heterocycles. The van der Waals surface area contributed by atoms with E-state index < -0.39 is 5.54 Å². The summed E-state index contributed by atoms with van der Waals surface area (Å²) in [6.07, 6.45) is 13.2. The molecular weight excluding hydrogens is 198 g/mol. The zero-order valence-corrected chi connectivity index (χ0v) is 10.1. The van der Waals surface area contributed by atoms with E-state index in [2.05, 4.69) is 6.08 Å². The molecule has 2 heteroatoms. The molecule has 2 aliphatic carbocycles. The maximum absolute atomic E-state index is 12.4. The first-order valence-electron chi connectivity index (χ1n) is 6.75. The number of Topliss-reactive ketones (excluding diaryl/α,β-unsaturated/α-hetero) is 1. The summed E-state index contributed by atoms with van der Waals surface area (Å²) in [6.45, 7) is 0. The lowest BCUT2D eigenvalue weighted by Gasteiger charge is -2.24. The van der Waals surface area contributed by atoms with Crippen LogP contribution in [-0.4, -0.2) is 11.3 Å². The Morgan fingerprint density at radius 2 is 1.75 bits per heavy atom. The summed E-state index contributed by atoms with van der Waals surface area (Å²) < 4.78 is 0. The molecule has 16 heavy (non-hydrogen) atoms. The smallest absolute Gasteiger partial charge is 0.178 e. The van der Waals surface area contributed by atoms with Crippen molar-refractivity contribution in [2.24, 2.45) is 5.73 Å². The second kappa shape index (κ2) is 5.13. The number of nitrogens with two attached hydrogens (primary N) is 1. The molecule has 90 valence electrons. The highest BCUT2D eigenvalue weighted by molar-refractivity contribution is 6.02. The van der Waals surface area contributed by atoms with Gasteiger partial charge in [0.15, 0.2) is 5.78 Å². The van der Waals surface area contributed by atoms with Gasteiger partial charge in [0.25, 0.3) is 0 Å². The Morgan fingerprint density at radius 1 is 1.06 bits per heavy atom. The molecule has 0 saturated heterocycles. The third-order valence-corrected chi connectivity index (χ3v) is 4.03. The topological polar surface area (TPSA) is 43.1 Å². The highest BCUT2D eigenvalue weighted by atomic mass is 16.1. The van der Waals surface area contributed by atoms with E-state index in [0.29, 0.717) is 0 Å². The molecule has 0 aromatic rings. The van der Waals surface area contributed by atoms with E-state index in [1.54, 1.807) is 0 Å². The summed E-state index contributed by atoms with van der Waals surface area (Å²) in [5.41, 5.74) is 6.76. The summed E-state index contributed by atoms with van der Waals surface area (Å²) in [5, 5.41) is 0. The maximum atomic E-state index is 12.4. The minimum absolute atomic E-state index is 0.256.